The summed E-state index contributed by atoms with van der Waals surface area (Å²) >= 11 is 1.55. The molecule has 2 N–H and O–H groups in total. The van der Waals surface area contributed by atoms with Gasteiger partial charge in [-0.05, 0) is 17.9 Å². The molecule has 1 saturated heterocycles. The second-order valence-corrected chi connectivity index (χ2v) is 3.99. The third kappa shape index (κ3) is 1.83. The fraction of sp³-hybridized carbons (Fsp3) is 0.200. The Kier molecular flexibility index (Phi) is 2.64. The third-order valence-electron chi connectivity index (χ3n) is 2.22. The van der Waals surface area contributed by atoms with Gasteiger partial charge in [0.05, 0.1) is 0 Å². The first-order valence-electron chi connectivity index (χ1n) is 4.46. The fourth-order valence-electron chi connectivity index (χ4n) is 1.54. The predicted octanol–water partition coefficient (Wildman–Crippen LogP) is 1.29. The third-order valence-corrected chi connectivity index (χ3v) is 3.04. The van der Waals surface area contributed by atoms with E-state index in [4.69, 9.17) is 0 Å². The molecule has 1 aromatic carbocycles. The van der Waals surface area contributed by atoms with E-state index in [2.05, 4.69) is 10.6 Å². The van der Waals surface area contributed by atoms with Crippen molar-refractivity contribution < 1.29 is 9.59 Å². The number of hydrogen-bond donors (Lipinski definition) is 2. The number of rotatable bonds is 2. The summed E-state index contributed by atoms with van der Waals surface area (Å²) in [5.41, 5.74) is 0.841. The van der Waals surface area contributed by atoms with Crippen LogP contribution in [0.1, 0.15) is 11.6 Å². The zero-order valence-corrected chi connectivity index (χ0v) is 8.93. The van der Waals surface area contributed by atoms with E-state index in [1.807, 2.05) is 30.5 Å². The van der Waals surface area contributed by atoms with E-state index in [1.54, 1.807) is 11.8 Å². The summed E-state index contributed by atoms with van der Waals surface area (Å²) in [6.45, 7) is 0. The van der Waals surface area contributed by atoms with Crippen LogP contribution in [0, 0.1) is 0 Å². The van der Waals surface area contributed by atoms with E-state index in [0.29, 0.717) is 0 Å². The maximum atomic E-state index is 11.4. The van der Waals surface area contributed by atoms with E-state index in [-0.39, 0.29) is 5.91 Å². The quantitative estimate of drug-likeness (QED) is 0.585. The Morgan fingerprint density at radius 2 is 2.00 bits per heavy atom. The maximum Gasteiger partial charge on any atom is 0.322 e. The number of urea groups is 1. The number of carbonyl (C=O) groups is 2. The average Bonchev–Trinajstić information content (AvgIpc) is 2.57. The largest absolute Gasteiger partial charge is 0.322 e. The molecule has 3 amide bonds. The fourth-order valence-corrected chi connectivity index (χ4v) is 2.18. The summed E-state index contributed by atoms with van der Waals surface area (Å²) in [6, 6.07) is 6.55. The molecule has 1 atom stereocenters. The zero-order valence-electron chi connectivity index (χ0n) is 8.11. The predicted molar refractivity (Wildman–Crippen MR) is 57.6 cm³/mol. The molecule has 1 aliphatic rings. The summed E-state index contributed by atoms with van der Waals surface area (Å²) in [4.78, 5) is 23.4. The van der Waals surface area contributed by atoms with Gasteiger partial charge in [-0.1, -0.05) is 18.2 Å². The molecule has 15 heavy (non-hydrogen) atoms. The molecule has 78 valence electrons. The Labute approximate surface area is 91.4 Å². The highest BCUT2D eigenvalue weighted by atomic mass is 32.2. The number of amides is 3. The van der Waals surface area contributed by atoms with Gasteiger partial charge in [0.25, 0.3) is 5.91 Å². The SMILES string of the molecule is CSc1ccccc1C1NC(=O)NC1=O. The summed E-state index contributed by atoms with van der Waals surface area (Å²) in [6.07, 6.45) is 1.94. The van der Waals surface area contributed by atoms with Crippen molar-refractivity contribution in [2.24, 2.45) is 0 Å². The molecule has 1 aromatic rings. The van der Waals surface area contributed by atoms with E-state index in [0.717, 1.165) is 10.5 Å². The molecule has 1 aliphatic heterocycles. The monoisotopic (exact) mass is 222 g/mol. The van der Waals surface area contributed by atoms with Gasteiger partial charge in [-0.15, -0.1) is 11.8 Å². The first kappa shape index (κ1) is 10.0. The van der Waals surface area contributed by atoms with Gasteiger partial charge in [0.15, 0.2) is 0 Å². The number of thioether (sulfide) groups is 1. The molecule has 5 heteroatoms. The highest BCUT2D eigenvalue weighted by Gasteiger charge is 2.31. The lowest BCUT2D eigenvalue weighted by atomic mass is 10.1. The topological polar surface area (TPSA) is 58.2 Å². The summed E-state index contributed by atoms with van der Waals surface area (Å²) in [7, 11) is 0. The highest BCUT2D eigenvalue weighted by Crippen LogP contribution is 2.27. The van der Waals surface area contributed by atoms with Gasteiger partial charge in [0.1, 0.15) is 6.04 Å². The Balaban J connectivity index is 2.37. The Morgan fingerprint density at radius 3 is 2.60 bits per heavy atom. The summed E-state index contributed by atoms with van der Waals surface area (Å²) < 4.78 is 0. The molecule has 1 unspecified atom stereocenters. The van der Waals surface area contributed by atoms with Crippen LogP contribution in [-0.4, -0.2) is 18.2 Å². The molecule has 0 bridgehead atoms. The van der Waals surface area contributed by atoms with Crippen molar-refractivity contribution in [2.75, 3.05) is 6.26 Å². The average molecular weight is 222 g/mol. The first-order chi connectivity index (χ1) is 7.22. The lowest BCUT2D eigenvalue weighted by Crippen LogP contribution is -2.22. The van der Waals surface area contributed by atoms with Crippen molar-refractivity contribution in [3.8, 4) is 0 Å². The van der Waals surface area contributed by atoms with E-state index < -0.39 is 12.1 Å². The van der Waals surface area contributed by atoms with Crippen LogP contribution in [0.4, 0.5) is 4.79 Å². The zero-order chi connectivity index (χ0) is 10.8. The van der Waals surface area contributed by atoms with Crippen LogP contribution >= 0.6 is 11.8 Å². The number of hydrogen-bond acceptors (Lipinski definition) is 3. The van der Waals surface area contributed by atoms with Crippen LogP contribution in [0.5, 0.6) is 0 Å². The molecule has 0 radical (unpaired) electrons. The van der Waals surface area contributed by atoms with Crippen LogP contribution in [0.2, 0.25) is 0 Å². The maximum absolute atomic E-state index is 11.4. The van der Waals surface area contributed by atoms with Gasteiger partial charge >= 0.3 is 6.03 Å². The van der Waals surface area contributed by atoms with Crippen LogP contribution in [-0.2, 0) is 4.79 Å². The number of benzene rings is 1. The van der Waals surface area contributed by atoms with Gasteiger partial charge in [0, 0.05) is 4.90 Å². The van der Waals surface area contributed by atoms with Crippen molar-refractivity contribution in [3.63, 3.8) is 0 Å². The van der Waals surface area contributed by atoms with Crippen LogP contribution < -0.4 is 10.6 Å². The van der Waals surface area contributed by atoms with Crippen LogP contribution in [0.3, 0.4) is 0 Å². The van der Waals surface area contributed by atoms with Crippen molar-refractivity contribution in [2.45, 2.75) is 10.9 Å². The molecular weight excluding hydrogens is 212 g/mol. The lowest BCUT2D eigenvalue weighted by Gasteiger charge is -2.11. The van der Waals surface area contributed by atoms with E-state index >= 15 is 0 Å². The van der Waals surface area contributed by atoms with Crippen LogP contribution in [0.25, 0.3) is 0 Å². The lowest BCUT2D eigenvalue weighted by molar-refractivity contribution is -0.120. The van der Waals surface area contributed by atoms with Crippen molar-refractivity contribution in [1.82, 2.24) is 10.6 Å². The second kappa shape index (κ2) is 3.94. The molecule has 1 heterocycles. The number of carbonyl (C=O) groups excluding carboxylic acids is 2. The second-order valence-electron chi connectivity index (χ2n) is 3.14. The standard InChI is InChI=1S/C10H10N2O2S/c1-15-7-5-3-2-4-6(7)8-9(13)12-10(14)11-8/h2-5,8H,1H3,(H2,11,12,13,14). The minimum atomic E-state index is -0.554. The van der Waals surface area contributed by atoms with Gasteiger partial charge in [0.2, 0.25) is 0 Å². The van der Waals surface area contributed by atoms with Crippen molar-refractivity contribution in [1.29, 1.82) is 0 Å². The Bertz CT molecular complexity index is 420. The molecule has 0 aliphatic carbocycles. The van der Waals surface area contributed by atoms with E-state index in [1.165, 1.54) is 0 Å². The molecule has 2 rings (SSSR count). The molecule has 0 saturated carbocycles. The van der Waals surface area contributed by atoms with Crippen molar-refractivity contribution >= 4 is 23.7 Å². The molecule has 0 spiro atoms. The number of nitrogens with one attached hydrogen (secondary N) is 2. The van der Waals surface area contributed by atoms with Gasteiger partial charge in [-0.3, -0.25) is 10.1 Å². The highest BCUT2D eigenvalue weighted by molar-refractivity contribution is 7.98. The van der Waals surface area contributed by atoms with E-state index in [9.17, 15) is 9.59 Å². The first-order valence-corrected chi connectivity index (χ1v) is 5.69. The normalized spacial score (nSPS) is 19.9. The Morgan fingerprint density at radius 1 is 1.27 bits per heavy atom. The summed E-state index contributed by atoms with van der Waals surface area (Å²) in [5.74, 6) is -0.290. The minimum Gasteiger partial charge on any atom is -0.322 e. The van der Waals surface area contributed by atoms with Gasteiger partial charge in [-0.25, -0.2) is 4.79 Å². The number of imide groups is 1. The Hall–Kier alpha value is -1.49. The molecule has 0 aromatic heterocycles. The molecular formula is C10H10N2O2S. The van der Waals surface area contributed by atoms with Crippen molar-refractivity contribution in [3.05, 3.63) is 29.8 Å². The molecule has 4 nitrogen and oxygen atoms in total. The minimum absolute atomic E-state index is 0.290. The van der Waals surface area contributed by atoms with Crippen LogP contribution in [0.15, 0.2) is 29.2 Å². The smallest absolute Gasteiger partial charge is 0.322 e. The van der Waals surface area contributed by atoms with Gasteiger partial charge < -0.3 is 5.32 Å². The molecule has 1 fully saturated rings. The van der Waals surface area contributed by atoms with Gasteiger partial charge in [-0.2, -0.15) is 0 Å². The summed E-state index contributed by atoms with van der Waals surface area (Å²) in [5, 5.41) is 4.80.